The van der Waals surface area contributed by atoms with E-state index in [1.165, 1.54) is 12.3 Å². The highest BCUT2D eigenvalue weighted by molar-refractivity contribution is 8.13. The second-order valence-electron chi connectivity index (χ2n) is 7.42. The summed E-state index contributed by atoms with van der Waals surface area (Å²) < 4.78 is 30.5. The first kappa shape index (κ1) is 19.9. The van der Waals surface area contributed by atoms with E-state index < -0.39 is 9.05 Å². The molecule has 2 aromatic rings. The summed E-state index contributed by atoms with van der Waals surface area (Å²) in [6.45, 7) is 4.44. The van der Waals surface area contributed by atoms with Gasteiger partial charge in [0.25, 0.3) is 15.0 Å². The van der Waals surface area contributed by atoms with Crippen molar-refractivity contribution in [1.82, 2.24) is 9.88 Å². The van der Waals surface area contributed by atoms with Gasteiger partial charge in [-0.05, 0) is 18.1 Å². The van der Waals surface area contributed by atoms with E-state index in [1.807, 2.05) is 44.2 Å². The number of aromatic nitrogens is 1. The molecule has 1 heterocycles. The van der Waals surface area contributed by atoms with Crippen molar-refractivity contribution in [2.24, 2.45) is 5.41 Å². The van der Waals surface area contributed by atoms with Crippen LogP contribution in [0.2, 0.25) is 0 Å². The molecule has 1 aliphatic carbocycles. The van der Waals surface area contributed by atoms with Crippen LogP contribution in [0.1, 0.15) is 36.3 Å². The quantitative estimate of drug-likeness (QED) is 0.742. The first-order valence-electron chi connectivity index (χ1n) is 8.65. The van der Waals surface area contributed by atoms with Crippen LogP contribution in [0.3, 0.4) is 0 Å². The van der Waals surface area contributed by atoms with Crippen LogP contribution in [-0.4, -0.2) is 38.1 Å². The number of benzene rings is 1. The number of nitrogens with one attached hydrogen (secondary N) is 1. The SMILES string of the molecule is COC1CC(NC(=O)c2cc(S(=O)(=O)Cl)cn2Cc2ccccc2)C1(C)C. The van der Waals surface area contributed by atoms with Gasteiger partial charge in [0.05, 0.1) is 6.10 Å². The molecule has 1 saturated carbocycles. The fourth-order valence-corrected chi connectivity index (χ4v) is 4.24. The summed E-state index contributed by atoms with van der Waals surface area (Å²) >= 11 is 0. The summed E-state index contributed by atoms with van der Waals surface area (Å²) in [7, 11) is 3.21. The van der Waals surface area contributed by atoms with Crippen molar-refractivity contribution >= 4 is 25.6 Å². The van der Waals surface area contributed by atoms with Gasteiger partial charge in [0.1, 0.15) is 10.6 Å². The minimum absolute atomic E-state index is 0.0499. The van der Waals surface area contributed by atoms with E-state index in [0.717, 1.165) is 12.0 Å². The van der Waals surface area contributed by atoms with Crippen molar-refractivity contribution < 1.29 is 17.9 Å². The molecule has 1 aliphatic rings. The molecule has 1 fully saturated rings. The highest BCUT2D eigenvalue weighted by atomic mass is 35.7. The topological polar surface area (TPSA) is 77.4 Å². The standard InChI is InChI=1S/C19H23ClN2O4S/c1-19(2)16(10-17(19)26-3)21-18(23)15-9-14(27(20,24)25)12-22(15)11-13-7-5-4-6-8-13/h4-9,12,16-17H,10-11H2,1-3H3,(H,21,23). The van der Waals surface area contributed by atoms with Gasteiger partial charge in [0.15, 0.2) is 0 Å². The molecule has 0 radical (unpaired) electrons. The van der Waals surface area contributed by atoms with Crippen LogP contribution >= 0.6 is 10.7 Å². The maximum atomic E-state index is 12.9. The zero-order chi connectivity index (χ0) is 19.8. The van der Waals surface area contributed by atoms with Gasteiger partial charge in [0, 0.05) is 42.0 Å². The van der Waals surface area contributed by atoms with Gasteiger partial charge in [-0.3, -0.25) is 4.79 Å². The summed E-state index contributed by atoms with van der Waals surface area (Å²) in [5, 5.41) is 3.00. The minimum atomic E-state index is -3.93. The van der Waals surface area contributed by atoms with E-state index in [1.54, 1.807) is 11.7 Å². The molecule has 0 bridgehead atoms. The Kier molecular flexibility index (Phi) is 5.38. The number of ether oxygens (including phenoxy) is 1. The molecular formula is C19H23ClN2O4S. The van der Waals surface area contributed by atoms with Crippen molar-refractivity contribution in [1.29, 1.82) is 0 Å². The van der Waals surface area contributed by atoms with E-state index in [9.17, 15) is 13.2 Å². The maximum absolute atomic E-state index is 12.9. The van der Waals surface area contributed by atoms with Crippen LogP contribution in [0.25, 0.3) is 0 Å². The number of rotatable bonds is 6. The van der Waals surface area contributed by atoms with E-state index in [4.69, 9.17) is 15.4 Å². The molecule has 1 aromatic heterocycles. The zero-order valence-corrected chi connectivity index (χ0v) is 17.0. The van der Waals surface area contributed by atoms with Gasteiger partial charge in [0.2, 0.25) is 0 Å². The predicted molar refractivity (Wildman–Crippen MR) is 103 cm³/mol. The van der Waals surface area contributed by atoms with Crippen LogP contribution in [-0.2, 0) is 20.3 Å². The number of hydrogen-bond acceptors (Lipinski definition) is 4. The third kappa shape index (κ3) is 4.05. The number of methoxy groups -OCH3 is 1. The Labute approximate surface area is 163 Å². The summed E-state index contributed by atoms with van der Waals surface area (Å²) in [5.41, 5.74) is 1.02. The molecule has 1 aromatic carbocycles. The van der Waals surface area contributed by atoms with Gasteiger partial charge < -0.3 is 14.6 Å². The lowest BCUT2D eigenvalue weighted by atomic mass is 9.64. The number of amides is 1. The molecule has 2 atom stereocenters. The van der Waals surface area contributed by atoms with E-state index in [0.29, 0.717) is 6.54 Å². The molecule has 0 spiro atoms. The van der Waals surface area contributed by atoms with E-state index >= 15 is 0 Å². The van der Waals surface area contributed by atoms with Gasteiger partial charge in [-0.1, -0.05) is 44.2 Å². The Bertz CT molecular complexity index is 938. The molecule has 3 rings (SSSR count). The van der Waals surface area contributed by atoms with Crippen LogP contribution < -0.4 is 5.32 Å². The summed E-state index contributed by atoms with van der Waals surface area (Å²) in [5.74, 6) is -0.329. The average molecular weight is 411 g/mol. The van der Waals surface area contributed by atoms with Gasteiger partial charge in [-0.15, -0.1) is 0 Å². The van der Waals surface area contributed by atoms with Crippen molar-refractivity contribution in [2.75, 3.05) is 7.11 Å². The lowest BCUT2D eigenvalue weighted by Crippen LogP contribution is -2.61. The second-order valence-corrected chi connectivity index (χ2v) is 9.99. The molecule has 0 aliphatic heterocycles. The first-order chi connectivity index (χ1) is 12.6. The summed E-state index contributed by atoms with van der Waals surface area (Å²) in [4.78, 5) is 12.8. The van der Waals surface area contributed by atoms with Gasteiger partial charge in [-0.2, -0.15) is 0 Å². The molecule has 1 N–H and O–H groups in total. The number of carbonyl (C=O) groups is 1. The normalized spacial score (nSPS) is 21.5. The third-order valence-corrected chi connectivity index (χ3v) is 6.67. The Hall–Kier alpha value is -1.83. The van der Waals surface area contributed by atoms with Crippen LogP contribution in [0, 0.1) is 5.41 Å². The van der Waals surface area contributed by atoms with Crippen LogP contribution in [0.5, 0.6) is 0 Å². The maximum Gasteiger partial charge on any atom is 0.268 e. The van der Waals surface area contributed by atoms with Crippen molar-refractivity contribution in [3.63, 3.8) is 0 Å². The van der Waals surface area contributed by atoms with Crippen molar-refractivity contribution in [3.05, 3.63) is 53.9 Å². The summed E-state index contributed by atoms with van der Waals surface area (Å²) in [6.07, 6.45) is 2.20. The first-order valence-corrected chi connectivity index (χ1v) is 11.0. The predicted octanol–water partition coefficient (Wildman–Crippen LogP) is 3.01. The van der Waals surface area contributed by atoms with E-state index in [-0.39, 0.29) is 34.1 Å². The molecule has 0 saturated heterocycles. The fourth-order valence-electron chi connectivity index (χ4n) is 3.48. The summed E-state index contributed by atoms with van der Waals surface area (Å²) in [6, 6.07) is 10.8. The molecule has 27 heavy (non-hydrogen) atoms. The number of halogens is 1. The van der Waals surface area contributed by atoms with E-state index in [2.05, 4.69) is 5.32 Å². The molecule has 2 unspecified atom stereocenters. The Morgan fingerprint density at radius 2 is 2.00 bits per heavy atom. The molecule has 146 valence electrons. The molecule has 8 heteroatoms. The lowest BCUT2D eigenvalue weighted by Gasteiger charge is -2.51. The smallest absolute Gasteiger partial charge is 0.268 e. The van der Waals surface area contributed by atoms with Crippen molar-refractivity contribution in [3.8, 4) is 0 Å². The van der Waals surface area contributed by atoms with Crippen LogP contribution in [0.4, 0.5) is 0 Å². The number of nitrogens with zero attached hydrogens (tertiary/aromatic N) is 1. The monoisotopic (exact) mass is 410 g/mol. The molecule has 6 nitrogen and oxygen atoms in total. The van der Waals surface area contributed by atoms with Crippen LogP contribution in [0.15, 0.2) is 47.5 Å². The number of carbonyl (C=O) groups excluding carboxylic acids is 1. The van der Waals surface area contributed by atoms with Gasteiger partial charge >= 0.3 is 0 Å². The Morgan fingerprint density at radius 3 is 2.56 bits per heavy atom. The Balaban J connectivity index is 1.87. The second kappa shape index (κ2) is 7.30. The molecular weight excluding hydrogens is 388 g/mol. The Morgan fingerprint density at radius 1 is 1.33 bits per heavy atom. The lowest BCUT2D eigenvalue weighted by molar-refractivity contribution is -0.0942. The highest BCUT2D eigenvalue weighted by Crippen LogP contribution is 2.42. The van der Waals surface area contributed by atoms with Gasteiger partial charge in [-0.25, -0.2) is 8.42 Å². The van der Waals surface area contributed by atoms with Crippen molar-refractivity contribution in [2.45, 2.75) is 43.9 Å². The molecule has 1 amide bonds. The average Bonchev–Trinajstić information content (AvgIpc) is 3.03. The highest BCUT2D eigenvalue weighted by Gasteiger charge is 2.49. The zero-order valence-electron chi connectivity index (χ0n) is 15.5. The largest absolute Gasteiger partial charge is 0.381 e. The minimum Gasteiger partial charge on any atom is -0.381 e. The fraction of sp³-hybridized carbons (Fsp3) is 0.421. The number of hydrogen-bond donors (Lipinski definition) is 1. The third-order valence-electron chi connectivity index (χ3n) is 5.35.